The third kappa shape index (κ3) is 5.08. The van der Waals surface area contributed by atoms with Crippen molar-refractivity contribution in [2.24, 2.45) is 0 Å². The lowest BCUT2D eigenvalue weighted by Crippen LogP contribution is -2.50. The summed E-state index contributed by atoms with van der Waals surface area (Å²) < 4.78 is 26.3. The normalized spacial score (nSPS) is 14.1. The maximum atomic E-state index is 13.1. The van der Waals surface area contributed by atoms with E-state index in [1.807, 2.05) is 12.1 Å². The summed E-state index contributed by atoms with van der Waals surface area (Å²) in [5.74, 6) is -0.409. The molecule has 37 heavy (non-hydrogen) atoms. The Hall–Kier alpha value is -4.11. The Morgan fingerprint density at radius 1 is 0.784 bits per heavy atom. The number of aryl methyl sites for hydroxylation is 1. The third-order valence-electron chi connectivity index (χ3n) is 6.58. The number of para-hydroxylation sites is 1. The van der Waals surface area contributed by atoms with Crippen molar-refractivity contribution in [1.29, 1.82) is 0 Å². The minimum absolute atomic E-state index is 0.0790. The zero-order chi connectivity index (χ0) is 26.0. The number of fused-ring (bicyclic) bond motifs is 1. The first-order valence-corrected chi connectivity index (χ1v) is 13.6. The van der Waals surface area contributed by atoms with Crippen LogP contribution in [0.1, 0.15) is 32.0 Å². The second-order valence-electron chi connectivity index (χ2n) is 9.01. The van der Waals surface area contributed by atoms with Gasteiger partial charge in [-0.15, -0.1) is 0 Å². The van der Waals surface area contributed by atoms with E-state index in [-0.39, 0.29) is 22.5 Å². The highest BCUT2D eigenvalue weighted by molar-refractivity contribution is 7.90. The molecule has 0 aliphatic carbocycles. The molecule has 2 aromatic heterocycles. The number of amides is 2. The van der Waals surface area contributed by atoms with Gasteiger partial charge < -0.3 is 9.80 Å². The number of aromatic nitrogens is 2. The molecule has 5 rings (SSSR count). The van der Waals surface area contributed by atoms with Crippen molar-refractivity contribution in [2.75, 3.05) is 26.2 Å². The minimum atomic E-state index is -3.63. The van der Waals surface area contributed by atoms with E-state index < -0.39 is 9.84 Å². The summed E-state index contributed by atoms with van der Waals surface area (Å²) >= 11 is 0. The highest BCUT2D eigenvalue weighted by Crippen LogP contribution is 2.24. The summed E-state index contributed by atoms with van der Waals surface area (Å²) in [4.78, 5) is 38.0. The zero-order valence-electron chi connectivity index (χ0n) is 20.4. The van der Waals surface area contributed by atoms with Gasteiger partial charge in [0, 0.05) is 55.2 Å². The Labute approximate surface area is 215 Å². The zero-order valence-corrected chi connectivity index (χ0v) is 21.2. The van der Waals surface area contributed by atoms with Crippen LogP contribution in [0.4, 0.5) is 0 Å². The fraction of sp³-hybridized carbons (Fsp3) is 0.214. The van der Waals surface area contributed by atoms with Crippen molar-refractivity contribution in [3.05, 3.63) is 102 Å². The molecule has 1 fully saturated rings. The van der Waals surface area contributed by atoms with Gasteiger partial charge in [-0.2, -0.15) is 0 Å². The Morgan fingerprint density at radius 2 is 1.41 bits per heavy atom. The molecule has 1 aliphatic heterocycles. The number of carbonyl (C=O) groups excluding carboxylic acids is 2. The molecular weight excluding hydrogens is 488 g/mol. The van der Waals surface area contributed by atoms with Gasteiger partial charge in [0.2, 0.25) is 0 Å². The van der Waals surface area contributed by atoms with Gasteiger partial charge >= 0.3 is 0 Å². The van der Waals surface area contributed by atoms with Crippen molar-refractivity contribution in [3.8, 4) is 0 Å². The largest absolute Gasteiger partial charge is 0.335 e. The lowest BCUT2D eigenvalue weighted by Gasteiger charge is -2.35. The van der Waals surface area contributed by atoms with Gasteiger partial charge in [0.1, 0.15) is 0 Å². The highest BCUT2D eigenvalue weighted by Gasteiger charge is 2.26. The topological polar surface area (TPSA) is 101 Å². The predicted octanol–water partition coefficient (Wildman–Crippen LogP) is 3.51. The quantitative estimate of drug-likeness (QED) is 0.404. The van der Waals surface area contributed by atoms with Gasteiger partial charge in [0.25, 0.3) is 11.8 Å². The summed E-state index contributed by atoms with van der Waals surface area (Å²) in [6.45, 7) is 3.53. The Bertz CT molecular complexity index is 1570. The molecule has 9 heteroatoms. The first-order chi connectivity index (χ1) is 17.8. The fourth-order valence-corrected chi connectivity index (χ4v) is 6.08. The Balaban J connectivity index is 1.23. The van der Waals surface area contributed by atoms with Crippen molar-refractivity contribution >= 4 is 32.6 Å². The van der Waals surface area contributed by atoms with E-state index >= 15 is 0 Å². The molecule has 1 aliphatic rings. The molecule has 0 saturated carbocycles. The van der Waals surface area contributed by atoms with Gasteiger partial charge in [-0.1, -0.05) is 30.3 Å². The van der Waals surface area contributed by atoms with Gasteiger partial charge in [-0.3, -0.25) is 19.6 Å². The van der Waals surface area contributed by atoms with Crippen LogP contribution in [-0.2, 0) is 15.6 Å². The third-order valence-corrected chi connectivity index (χ3v) is 8.29. The van der Waals surface area contributed by atoms with Crippen molar-refractivity contribution in [3.63, 3.8) is 0 Å². The van der Waals surface area contributed by atoms with Crippen molar-refractivity contribution in [1.82, 2.24) is 19.8 Å². The second-order valence-corrected chi connectivity index (χ2v) is 11.0. The van der Waals surface area contributed by atoms with Crippen LogP contribution in [0, 0.1) is 6.92 Å². The van der Waals surface area contributed by atoms with Crippen LogP contribution in [0.25, 0.3) is 10.9 Å². The SMILES string of the molecule is Cc1ncccc1C(=O)N1CCN(C(=O)c2ccc(CS(=O)(=O)c3cccc4cccnc34)cc2)CC1. The molecule has 2 aromatic carbocycles. The first kappa shape index (κ1) is 24.6. The summed E-state index contributed by atoms with van der Waals surface area (Å²) in [5, 5.41) is 0.766. The standard InChI is InChI=1S/C28H26N4O4S/c1-20-24(7-4-13-29-20)28(34)32-17-15-31(16-18-32)27(33)23-11-9-21(10-12-23)19-37(35,36)25-8-2-5-22-6-3-14-30-26(22)25/h2-14H,15-19H2,1H3. The van der Waals surface area contributed by atoms with E-state index in [4.69, 9.17) is 0 Å². The van der Waals surface area contributed by atoms with Crippen LogP contribution in [-0.4, -0.2) is 66.2 Å². The average Bonchev–Trinajstić information content (AvgIpc) is 2.92. The molecule has 0 radical (unpaired) electrons. The van der Waals surface area contributed by atoms with Gasteiger partial charge in [-0.25, -0.2) is 8.42 Å². The van der Waals surface area contributed by atoms with E-state index in [9.17, 15) is 18.0 Å². The van der Waals surface area contributed by atoms with E-state index in [0.717, 1.165) is 5.39 Å². The molecule has 0 spiro atoms. The minimum Gasteiger partial charge on any atom is -0.335 e. The van der Waals surface area contributed by atoms with E-state index in [0.29, 0.717) is 54.1 Å². The van der Waals surface area contributed by atoms with Crippen molar-refractivity contribution < 1.29 is 18.0 Å². The number of sulfone groups is 1. The number of rotatable bonds is 5. The molecule has 3 heterocycles. The predicted molar refractivity (Wildman–Crippen MR) is 140 cm³/mol. The molecule has 0 atom stereocenters. The lowest BCUT2D eigenvalue weighted by molar-refractivity contribution is 0.0534. The van der Waals surface area contributed by atoms with Crippen LogP contribution in [0.3, 0.4) is 0 Å². The number of nitrogens with zero attached hydrogens (tertiary/aromatic N) is 4. The molecule has 4 aromatic rings. The number of hydrogen-bond acceptors (Lipinski definition) is 6. The molecule has 0 unspecified atom stereocenters. The molecule has 188 valence electrons. The summed E-state index contributed by atoms with van der Waals surface area (Å²) in [6.07, 6.45) is 3.24. The average molecular weight is 515 g/mol. The highest BCUT2D eigenvalue weighted by atomic mass is 32.2. The molecule has 0 bridgehead atoms. The molecule has 1 saturated heterocycles. The van der Waals surface area contributed by atoms with Crippen LogP contribution in [0.15, 0.2) is 84.0 Å². The van der Waals surface area contributed by atoms with Crippen LogP contribution in [0.2, 0.25) is 0 Å². The lowest BCUT2D eigenvalue weighted by atomic mass is 10.1. The number of benzene rings is 2. The molecule has 8 nitrogen and oxygen atoms in total. The van der Waals surface area contributed by atoms with Crippen LogP contribution in [0.5, 0.6) is 0 Å². The van der Waals surface area contributed by atoms with E-state index in [1.165, 1.54) is 0 Å². The van der Waals surface area contributed by atoms with Crippen LogP contribution >= 0.6 is 0 Å². The maximum Gasteiger partial charge on any atom is 0.255 e. The number of carbonyl (C=O) groups is 2. The van der Waals surface area contributed by atoms with Crippen LogP contribution < -0.4 is 0 Å². The first-order valence-electron chi connectivity index (χ1n) is 12.0. The summed E-state index contributed by atoms with van der Waals surface area (Å²) in [7, 11) is -3.63. The molecule has 0 N–H and O–H groups in total. The summed E-state index contributed by atoms with van der Waals surface area (Å²) in [5.41, 5.74) is 2.78. The second kappa shape index (κ2) is 10.1. The van der Waals surface area contributed by atoms with Gasteiger partial charge in [0.15, 0.2) is 9.84 Å². The van der Waals surface area contributed by atoms with Gasteiger partial charge in [0.05, 0.1) is 21.7 Å². The Morgan fingerprint density at radius 3 is 2.11 bits per heavy atom. The number of pyridine rings is 2. The monoisotopic (exact) mass is 514 g/mol. The molecular formula is C28H26N4O4S. The van der Waals surface area contributed by atoms with E-state index in [2.05, 4.69) is 9.97 Å². The maximum absolute atomic E-state index is 13.1. The summed E-state index contributed by atoms with van der Waals surface area (Å²) in [6, 6.07) is 18.9. The number of piperazine rings is 1. The molecule has 2 amide bonds. The number of hydrogen-bond donors (Lipinski definition) is 0. The fourth-order valence-electron chi connectivity index (χ4n) is 4.54. The van der Waals surface area contributed by atoms with E-state index in [1.54, 1.807) is 83.7 Å². The Kier molecular flexibility index (Phi) is 6.71. The van der Waals surface area contributed by atoms with Gasteiger partial charge in [-0.05, 0) is 48.9 Å². The van der Waals surface area contributed by atoms with Crippen molar-refractivity contribution in [2.45, 2.75) is 17.6 Å². The smallest absolute Gasteiger partial charge is 0.255 e.